The number of halogens is 1. The molecule has 2 aromatic carbocycles. The quantitative estimate of drug-likeness (QED) is 0.357. The second-order valence-corrected chi connectivity index (χ2v) is 9.68. The Morgan fingerprint density at radius 3 is 2.19 bits per heavy atom. The predicted molar refractivity (Wildman–Crippen MR) is 125 cm³/mol. The predicted octanol–water partition coefficient (Wildman–Crippen LogP) is 3.99. The summed E-state index contributed by atoms with van der Waals surface area (Å²) in [5.74, 6) is 0.550. The molecule has 0 saturated heterocycles. The van der Waals surface area contributed by atoms with Gasteiger partial charge in [0.05, 0.1) is 11.3 Å². The van der Waals surface area contributed by atoms with Gasteiger partial charge in [-0.1, -0.05) is 48.0 Å². The van der Waals surface area contributed by atoms with Crippen molar-refractivity contribution in [3.63, 3.8) is 0 Å². The number of benzene rings is 2. The summed E-state index contributed by atoms with van der Waals surface area (Å²) in [6.07, 6.45) is 1.25. The van der Waals surface area contributed by atoms with E-state index in [1.54, 1.807) is 13.8 Å². The molecule has 27 heavy (non-hydrogen) atoms. The van der Waals surface area contributed by atoms with Crippen molar-refractivity contribution >= 4 is 45.5 Å². The highest BCUT2D eigenvalue weighted by molar-refractivity contribution is 14.0. The molecule has 0 fully saturated rings. The molecule has 0 heterocycles. The van der Waals surface area contributed by atoms with Crippen LogP contribution in [0.2, 0.25) is 0 Å². The second kappa shape index (κ2) is 10.1. The van der Waals surface area contributed by atoms with Gasteiger partial charge in [-0.25, -0.2) is 13.4 Å². The van der Waals surface area contributed by atoms with E-state index in [2.05, 4.69) is 27.8 Å². The standard InChI is InChI=1S/C20H27N3O2S.HI/c1-16-10-12-17(13-11-16)14-21-19(23-18-8-6-5-7-9-18)22-15-20(2,3)26(4,24)25;/h5-13H,14-15H2,1-4H3,(H2,21,22,23);1H. The maximum absolute atomic E-state index is 11.9. The van der Waals surface area contributed by atoms with E-state index in [0.29, 0.717) is 12.5 Å². The lowest BCUT2D eigenvalue weighted by Crippen LogP contribution is -2.45. The van der Waals surface area contributed by atoms with Crippen LogP contribution in [0.3, 0.4) is 0 Å². The molecule has 0 saturated carbocycles. The van der Waals surface area contributed by atoms with Crippen LogP contribution >= 0.6 is 24.0 Å². The number of rotatable bonds is 6. The van der Waals surface area contributed by atoms with Gasteiger partial charge >= 0.3 is 0 Å². The average molecular weight is 501 g/mol. The fraction of sp³-hybridized carbons (Fsp3) is 0.350. The summed E-state index contributed by atoms with van der Waals surface area (Å²) < 4.78 is 23.0. The number of guanidine groups is 1. The van der Waals surface area contributed by atoms with Gasteiger partial charge in [-0.05, 0) is 38.5 Å². The topological polar surface area (TPSA) is 70.6 Å². The zero-order chi connectivity index (χ0) is 19.2. The minimum atomic E-state index is -3.19. The minimum absolute atomic E-state index is 0. The Morgan fingerprint density at radius 1 is 1.04 bits per heavy atom. The first-order valence-electron chi connectivity index (χ1n) is 8.53. The van der Waals surface area contributed by atoms with E-state index in [9.17, 15) is 8.42 Å². The van der Waals surface area contributed by atoms with E-state index in [0.717, 1.165) is 11.3 Å². The van der Waals surface area contributed by atoms with Gasteiger partial charge in [-0.3, -0.25) is 0 Å². The fourth-order valence-corrected chi connectivity index (χ4v) is 2.42. The van der Waals surface area contributed by atoms with Gasteiger partial charge < -0.3 is 10.6 Å². The number of aryl methyl sites for hydroxylation is 1. The van der Waals surface area contributed by atoms with Gasteiger partial charge in [0, 0.05) is 18.5 Å². The summed E-state index contributed by atoms with van der Waals surface area (Å²) in [7, 11) is -3.19. The number of hydrogen-bond donors (Lipinski definition) is 2. The molecule has 2 aromatic rings. The Bertz CT molecular complexity index is 849. The number of hydrogen-bond acceptors (Lipinski definition) is 3. The van der Waals surface area contributed by atoms with Crippen LogP contribution < -0.4 is 10.6 Å². The maximum atomic E-state index is 11.9. The van der Waals surface area contributed by atoms with Crippen molar-refractivity contribution in [2.75, 3.05) is 18.1 Å². The molecule has 0 bridgehead atoms. The summed E-state index contributed by atoms with van der Waals surface area (Å²) in [4.78, 5) is 4.60. The van der Waals surface area contributed by atoms with E-state index in [-0.39, 0.29) is 30.5 Å². The van der Waals surface area contributed by atoms with Crippen molar-refractivity contribution < 1.29 is 8.42 Å². The molecule has 5 nitrogen and oxygen atoms in total. The first-order chi connectivity index (χ1) is 12.2. The lowest BCUT2D eigenvalue weighted by molar-refractivity contribution is 0.546. The number of aliphatic imine (C=N–C) groups is 1. The third-order valence-electron chi connectivity index (χ3n) is 4.26. The number of para-hydroxylation sites is 1. The lowest BCUT2D eigenvalue weighted by Gasteiger charge is -2.24. The molecule has 148 valence electrons. The van der Waals surface area contributed by atoms with Crippen molar-refractivity contribution in [2.45, 2.75) is 32.1 Å². The van der Waals surface area contributed by atoms with Crippen LogP contribution in [0, 0.1) is 6.92 Å². The SMILES string of the molecule is Cc1ccc(CN=C(NCC(C)(C)S(C)(=O)=O)Nc2ccccc2)cc1.I. The fourth-order valence-electron chi connectivity index (χ4n) is 2.09. The van der Waals surface area contributed by atoms with E-state index in [1.807, 2.05) is 49.4 Å². The molecular weight excluding hydrogens is 473 g/mol. The molecule has 2 N–H and O–H groups in total. The Balaban J connectivity index is 0.00000364. The van der Waals surface area contributed by atoms with Gasteiger partial charge in [0.2, 0.25) is 0 Å². The zero-order valence-corrected chi connectivity index (χ0v) is 19.3. The Morgan fingerprint density at radius 2 is 1.63 bits per heavy atom. The van der Waals surface area contributed by atoms with Crippen molar-refractivity contribution in [2.24, 2.45) is 4.99 Å². The van der Waals surface area contributed by atoms with E-state index in [1.165, 1.54) is 11.8 Å². The van der Waals surface area contributed by atoms with Gasteiger partial charge in [-0.15, -0.1) is 24.0 Å². The van der Waals surface area contributed by atoms with Gasteiger partial charge in [0.15, 0.2) is 15.8 Å². The Labute approximate surface area is 179 Å². The largest absolute Gasteiger partial charge is 0.355 e. The normalized spacial score (nSPS) is 12.2. The maximum Gasteiger partial charge on any atom is 0.196 e. The second-order valence-electron chi connectivity index (χ2n) is 7.03. The molecule has 0 atom stereocenters. The number of sulfone groups is 1. The Kier molecular flexibility index (Phi) is 8.74. The van der Waals surface area contributed by atoms with E-state index < -0.39 is 14.6 Å². The molecule has 0 aliphatic carbocycles. The molecule has 0 aliphatic rings. The first-order valence-corrected chi connectivity index (χ1v) is 10.4. The van der Waals surface area contributed by atoms with Crippen molar-refractivity contribution in [3.8, 4) is 0 Å². The van der Waals surface area contributed by atoms with Crippen LogP contribution in [0.4, 0.5) is 5.69 Å². The molecular formula is C20H28IN3O2S. The van der Waals surface area contributed by atoms with Crippen LogP contribution in [-0.4, -0.2) is 31.9 Å². The molecule has 0 aliphatic heterocycles. The summed E-state index contributed by atoms with van der Waals surface area (Å²) in [6, 6.07) is 17.9. The molecule has 0 radical (unpaired) electrons. The van der Waals surface area contributed by atoms with Crippen LogP contribution in [0.1, 0.15) is 25.0 Å². The number of anilines is 1. The highest BCUT2D eigenvalue weighted by Gasteiger charge is 2.30. The molecule has 0 unspecified atom stereocenters. The highest BCUT2D eigenvalue weighted by atomic mass is 127. The van der Waals surface area contributed by atoms with Gasteiger partial charge in [0.25, 0.3) is 0 Å². The first kappa shape index (κ1) is 23.4. The zero-order valence-electron chi connectivity index (χ0n) is 16.2. The van der Waals surface area contributed by atoms with Crippen LogP contribution in [0.25, 0.3) is 0 Å². The van der Waals surface area contributed by atoms with Gasteiger partial charge in [0.1, 0.15) is 0 Å². The summed E-state index contributed by atoms with van der Waals surface area (Å²) in [5.41, 5.74) is 3.18. The Hall–Kier alpha value is -1.61. The van der Waals surface area contributed by atoms with Gasteiger partial charge in [-0.2, -0.15) is 0 Å². The average Bonchev–Trinajstić information content (AvgIpc) is 2.58. The van der Waals surface area contributed by atoms with Crippen molar-refractivity contribution in [3.05, 3.63) is 65.7 Å². The van der Waals surface area contributed by atoms with Crippen LogP contribution in [0.15, 0.2) is 59.6 Å². The van der Waals surface area contributed by atoms with Crippen molar-refractivity contribution in [1.29, 1.82) is 0 Å². The van der Waals surface area contributed by atoms with Crippen LogP contribution in [-0.2, 0) is 16.4 Å². The summed E-state index contributed by atoms with van der Waals surface area (Å²) in [6.45, 7) is 6.22. The van der Waals surface area contributed by atoms with Crippen LogP contribution in [0.5, 0.6) is 0 Å². The molecule has 2 rings (SSSR count). The smallest absolute Gasteiger partial charge is 0.196 e. The third kappa shape index (κ3) is 7.50. The molecule has 0 amide bonds. The minimum Gasteiger partial charge on any atom is -0.355 e. The molecule has 0 aromatic heterocycles. The number of nitrogens with one attached hydrogen (secondary N) is 2. The monoisotopic (exact) mass is 501 g/mol. The highest BCUT2D eigenvalue weighted by Crippen LogP contribution is 2.14. The number of nitrogens with zero attached hydrogens (tertiary/aromatic N) is 1. The van der Waals surface area contributed by atoms with Crippen molar-refractivity contribution in [1.82, 2.24) is 5.32 Å². The molecule has 0 spiro atoms. The summed E-state index contributed by atoms with van der Waals surface area (Å²) in [5, 5.41) is 6.39. The third-order valence-corrected chi connectivity index (χ3v) is 6.41. The summed E-state index contributed by atoms with van der Waals surface area (Å²) >= 11 is 0. The molecule has 7 heteroatoms. The lowest BCUT2D eigenvalue weighted by atomic mass is 10.1. The van der Waals surface area contributed by atoms with E-state index >= 15 is 0 Å². The van der Waals surface area contributed by atoms with E-state index in [4.69, 9.17) is 0 Å².